The molecule has 0 spiro atoms. The lowest BCUT2D eigenvalue weighted by Crippen LogP contribution is -2.23. The first kappa shape index (κ1) is 13.8. The van der Waals surface area contributed by atoms with Crippen LogP contribution >= 0.6 is 0 Å². The van der Waals surface area contributed by atoms with E-state index in [1.54, 1.807) is 0 Å². The number of aryl methyl sites for hydroxylation is 3. The summed E-state index contributed by atoms with van der Waals surface area (Å²) in [5.41, 5.74) is 6.90. The highest BCUT2D eigenvalue weighted by Gasteiger charge is 2.21. The standard InChI is InChI=1S/C18H23N/c1-13-9-6-7-12-16(13)18(19(4)5)17-14(2)10-8-11-15(17)3/h6-12,18H,1-5H3/t18-/m0/s1. The molecule has 0 saturated heterocycles. The molecule has 100 valence electrons. The van der Waals surface area contributed by atoms with Crippen molar-refractivity contribution in [2.45, 2.75) is 26.8 Å². The fourth-order valence-electron chi connectivity index (χ4n) is 2.84. The lowest BCUT2D eigenvalue weighted by Gasteiger charge is -2.29. The van der Waals surface area contributed by atoms with Gasteiger partial charge in [-0.2, -0.15) is 0 Å². The van der Waals surface area contributed by atoms with Crippen LogP contribution in [0, 0.1) is 20.8 Å². The van der Waals surface area contributed by atoms with Crippen LogP contribution < -0.4 is 0 Å². The normalized spacial score (nSPS) is 12.7. The minimum atomic E-state index is 0.322. The van der Waals surface area contributed by atoms with Crippen LogP contribution in [0.1, 0.15) is 33.9 Å². The van der Waals surface area contributed by atoms with E-state index in [0.717, 1.165) is 0 Å². The molecule has 2 aromatic rings. The molecule has 0 aliphatic heterocycles. The molecule has 19 heavy (non-hydrogen) atoms. The van der Waals surface area contributed by atoms with Crippen LogP contribution in [0.25, 0.3) is 0 Å². The Morgan fingerprint density at radius 1 is 0.737 bits per heavy atom. The summed E-state index contributed by atoms with van der Waals surface area (Å²) in [7, 11) is 4.31. The topological polar surface area (TPSA) is 3.24 Å². The second-order valence-electron chi connectivity index (χ2n) is 5.53. The largest absolute Gasteiger partial charge is 0.299 e. The molecule has 1 atom stereocenters. The zero-order valence-corrected chi connectivity index (χ0v) is 12.6. The summed E-state index contributed by atoms with van der Waals surface area (Å²) < 4.78 is 0. The van der Waals surface area contributed by atoms with Crippen LogP contribution in [0.15, 0.2) is 42.5 Å². The van der Waals surface area contributed by atoms with E-state index >= 15 is 0 Å². The summed E-state index contributed by atoms with van der Waals surface area (Å²) in [6.45, 7) is 6.60. The number of hydrogen-bond donors (Lipinski definition) is 0. The van der Waals surface area contributed by atoms with Gasteiger partial charge in [-0.1, -0.05) is 42.5 Å². The predicted octanol–water partition coefficient (Wildman–Crippen LogP) is 4.26. The summed E-state index contributed by atoms with van der Waals surface area (Å²) in [5, 5.41) is 0. The second-order valence-corrected chi connectivity index (χ2v) is 5.53. The van der Waals surface area contributed by atoms with Crippen molar-refractivity contribution in [3.8, 4) is 0 Å². The number of nitrogens with zero attached hydrogens (tertiary/aromatic N) is 1. The predicted molar refractivity (Wildman–Crippen MR) is 82.6 cm³/mol. The molecule has 1 nitrogen and oxygen atoms in total. The summed E-state index contributed by atoms with van der Waals surface area (Å²) in [6.07, 6.45) is 0. The molecule has 1 heteroatoms. The van der Waals surface area contributed by atoms with Gasteiger partial charge in [0.25, 0.3) is 0 Å². The molecule has 0 saturated carbocycles. The highest BCUT2D eigenvalue weighted by molar-refractivity contribution is 5.44. The first-order valence-electron chi connectivity index (χ1n) is 6.80. The van der Waals surface area contributed by atoms with Crippen molar-refractivity contribution in [3.63, 3.8) is 0 Å². The maximum Gasteiger partial charge on any atom is 0.0604 e. The van der Waals surface area contributed by atoms with Crippen molar-refractivity contribution >= 4 is 0 Å². The molecule has 0 fully saturated rings. The molecule has 0 bridgehead atoms. The first-order valence-corrected chi connectivity index (χ1v) is 6.80. The Hall–Kier alpha value is -1.60. The quantitative estimate of drug-likeness (QED) is 0.790. The van der Waals surface area contributed by atoms with E-state index in [1.165, 1.54) is 27.8 Å². The molecule has 0 heterocycles. The monoisotopic (exact) mass is 253 g/mol. The maximum atomic E-state index is 2.30. The third-order valence-corrected chi connectivity index (χ3v) is 3.82. The highest BCUT2D eigenvalue weighted by Crippen LogP contribution is 2.33. The van der Waals surface area contributed by atoms with E-state index in [0.29, 0.717) is 6.04 Å². The summed E-state index contributed by atoms with van der Waals surface area (Å²) >= 11 is 0. The fourth-order valence-corrected chi connectivity index (χ4v) is 2.84. The number of hydrogen-bond acceptors (Lipinski definition) is 1. The zero-order valence-electron chi connectivity index (χ0n) is 12.6. The number of rotatable bonds is 3. The Kier molecular flexibility index (Phi) is 4.06. The minimum Gasteiger partial charge on any atom is -0.299 e. The highest BCUT2D eigenvalue weighted by atomic mass is 15.1. The lowest BCUT2D eigenvalue weighted by atomic mass is 9.88. The van der Waals surface area contributed by atoms with Crippen LogP contribution in [0.3, 0.4) is 0 Å². The third-order valence-electron chi connectivity index (χ3n) is 3.82. The maximum absolute atomic E-state index is 2.30. The first-order chi connectivity index (χ1) is 9.02. The molecule has 2 aromatic carbocycles. The Morgan fingerprint density at radius 3 is 1.79 bits per heavy atom. The van der Waals surface area contributed by atoms with Crippen molar-refractivity contribution < 1.29 is 0 Å². The van der Waals surface area contributed by atoms with E-state index in [-0.39, 0.29) is 0 Å². The van der Waals surface area contributed by atoms with Gasteiger partial charge < -0.3 is 0 Å². The van der Waals surface area contributed by atoms with Crippen LogP contribution in [0.4, 0.5) is 0 Å². The van der Waals surface area contributed by atoms with Crippen LogP contribution in [-0.4, -0.2) is 19.0 Å². The SMILES string of the molecule is Cc1ccccc1[C@@H](c1c(C)cccc1C)N(C)C. The molecule has 0 aliphatic rings. The summed E-state index contributed by atoms with van der Waals surface area (Å²) in [4.78, 5) is 2.30. The molecule has 2 rings (SSSR count). The van der Waals surface area contributed by atoms with Crippen LogP contribution in [0.2, 0.25) is 0 Å². The van der Waals surface area contributed by atoms with Gasteiger partial charge in [0.05, 0.1) is 6.04 Å². The van der Waals surface area contributed by atoms with E-state index in [2.05, 4.69) is 82.2 Å². The van der Waals surface area contributed by atoms with Gasteiger partial charge in [-0.3, -0.25) is 4.90 Å². The van der Waals surface area contributed by atoms with Gasteiger partial charge >= 0.3 is 0 Å². The fraction of sp³-hybridized carbons (Fsp3) is 0.333. The van der Waals surface area contributed by atoms with Gasteiger partial charge in [0, 0.05) is 0 Å². The van der Waals surface area contributed by atoms with Crippen molar-refractivity contribution in [3.05, 3.63) is 70.3 Å². The minimum absolute atomic E-state index is 0.322. The van der Waals surface area contributed by atoms with E-state index in [1.807, 2.05) is 0 Å². The molecular weight excluding hydrogens is 230 g/mol. The Balaban J connectivity index is 2.63. The average Bonchev–Trinajstić information content (AvgIpc) is 2.35. The number of benzene rings is 2. The van der Waals surface area contributed by atoms with Gasteiger partial charge in [0.2, 0.25) is 0 Å². The van der Waals surface area contributed by atoms with Gasteiger partial charge in [-0.05, 0) is 62.7 Å². The Morgan fingerprint density at radius 2 is 1.26 bits per heavy atom. The third kappa shape index (κ3) is 2.71. The molecule has 0 amide bonds. The van der Waals surface area contributed by atoms with Gasteiger partial charge in [0.1, 0.15) is 0 Å². The van der Waals surface area contributed by atoms with E-state index in [4.69, 9.17) is 0 Å². The van der Waals surface area contributed by atoms with Crippen LogP contribution in [-0.2, 0) is 0 Å². The molecular formula is C18H23N. The van der Waals surface area contributed by atoms with Gasteiger partial charge in [-0.15, -0.1) is 0 Å². The molecule has 0 unspecified atom stereocenters. The molecule has 0 radical (unpaired) electrons. The van der Waals surface area contributed by atoms with Gasteiger partial charge in [-0.25, -0.2) is 0 Å². The van der Waals surface area contributed by atoms with E-state index < -0.39 is 0 Å². The summed E-state index contributed by atoms with van der Waals surface area (Å²) in [5.74, 6) is 0. The Labute approximate surface area is 116 Å². The van der Waals surface area contributed by atoms with Crippen molar-refractivity contribution in [1.29, 1.82) is 0 Å². The van der Waals surface area contributed by atoms with Crippen molar-refractivity contribution in [1.82, 2.24) is 4.90 Å². The second kappa shape index (κ2) is 5.58. The zero-order chi connectivity index (χ0) is 14.0. The van der Waals surface area contributed by atoms with E-state index in [9.17, 15) is 0 Å². The average molecular weight is 253 g/mol. The molecule has 0 aliphatic carbocycles. The molecule has 0 aromatic heterocycles. The lowest BCUT2D eigenvalue weighted by molar-refractivity contribution is 0.339. The summed E-state index contributed by atoms with van der Waals surface area (Å²) in [6, 6.07) is 15.5. The Bertz CT molecular complexity index is 549. The van der Waals surface area contributed by atoms with Crippen molar-refractivity contribution in [2.24, 2.45) is 0 Å². The van der Waals surface area contributed by atoms with Gasteiger partial charge in [0.15, 0.2) is 0 Å². The smallest absolute Gasteiger partial charge is 0.0604 e. The van der Waals surface area contributed by atoms with Crippen molar-refractivity contribution in [2.75, 3.05) is 14.1 Å². The molecule has 0 N–H and O–H groups in total. The van der Waals surface area contributed by atoms with Crippen LogP contribution in [0.5, 0.6) is 0 Å².